The first kappa shape index (κ1) is 35.2. The Kier molecular flexibility index (Phi) is 9.13. The van der Waals surface area contributed by atoms with Crippen LogP contribution in [0.2, 0.25) is 0 Å². The number of rotatable bonds is 6. The van der Waals surface area contributed by atoms with E-state index in [0.29, 0.717) is 41.0 Å². The molecule has 6 aliphatic carbocycles. The van der Waals surface area contributed by atoms with Crippen molar-refractivity contribution in [1.29, 1.82) is 0 Å². The first-order valence-corrected chi connectivity index (χ1v) is 22.4. The third kappa shape index (κ3) is 6.36. The van der Waals surface area contributed by atoms with E-state index in [-0.39, 0.29) is 6.17 Å². The second-order valence-corrected chi connectivity index (χ2v) is 18.4. The summed E-state index contributed by atoms with van der Waals surface area (Å²) in [5, 5.41) is 4.31. The zero-order valence-electron chi connectivity index (χ0n) is 32.8. The van der Waals surface area contributed by atoms with Gasteiger partial charge in [0, 0.05) is 52.1 Å². The van der Waals surface area contributed by atoms with Crippen molar-refractivity contribution in [2.75, 3.05) is 0 Å². The highest BCUT2D eigenvalue weighted by Gasteiger charge is 2.50. The second kappa shape index (κ2) is 14.8. The van der Waals surface area contributed by atoms with E-state index in [2.05, 4.69) is 157 Å². The van der Waals surface area contributed by atoms with Gasteiger partial charge in [0.15, 0.2) is 6.17 Å². The zero-order valence-corrected chi connectivity index (χ0v) is 33.6. The van der Waals surface area contributed by atoms with Crippen molar-refractivity contribution < 1.29 is 0 Å². The van der Waals surface area contributed by atoms with Gasteiger partial charge in [0.1, 0.15) is 11.7 Å². The Labute approximate surface area is 342 Å². The molecule has 0 amide bonds. The number of fused-ring (bicyclic) bond motifs is 6. The first-order valence-electron chi connectivity index (χ1n) is 21.5. The molecular weight excluding hydrogens is 715 g/mol. The normalized spacial score (nSPS) is 32.3. The number of aromatic nitrogens is 1. The smallest absolute Gasteiger partial charge is 0.166 e. The van der Waals surface area contributed by atoms with Crippen LogP contribution in [0.4, 0.5) is 0 Å². The van der Waals surface area contributed by atoms with Crippen LogP contribution in [-0.4, -0.2) is 45.1 Å². The predicted octanol–water partition coefficient (Wildman–Crippen LogP) is 11.1. The molecule has 3 aliphatic heterocycles. The number of amidine groups is 2. The third-order valence-corrected chi connectivity index (χ3v) is 15.2. The SMILES string of the molecule is C[C@H]1C=CC(N2C3=CCCC=C3C3C4=C(C=CC32)C2C=C(c3ncc(C5C=CC=CC5)cc3C3=NC(C5=CC=CCC5)N=C(c5ccccc5)N3)CCC2S4)CC1. The summed E-state index contributed by atoms with van der Waals surface area (Å²) in [4.78, 5) is 20.5. The van der Waals surface area contributed by atoms with Gasteiger partial charge < -0.3 is 10.2 Å². The van der Waals surface area contributed by atoms with Gasteiger partial charge in [0.25, 0.3) is 0 Å². The number of aliphatic imine (C=N–C) groups is 2. The van der Waals surface area contributed by atoms with Gasteiger partial charge in [-0.1, -0.05) is 122 Å². The van der Waals surface area contributed by atoms with E-state index in [9.17, 15) is 0 Å². The Morgan fingerprint density at radius 1 is 0.860 bits per heavy atom. The van der Waals surface area contributed by atoms with Gasteiger partial charge in [-0.25, -0.2) is 9.98 Å². The van der Waals surface area contributed by atoms with Crippen LogP contribution in [0, 0.1) is 17.8 Å². The van der Waals surface area contributed by atoms with Crippen molar-refractivity contribution in [2.24, 2.45) is 27.7 Å². The number of allylic oxidation sites excluding steroid dienone is 15. The molecule has 11 rings (SSSR count). The van der Waals surface area contributed by atoms with Crippen molar-refractivity contribution in [3.05, 3.63) is 177 Å². The highest BCUT2D eigenvalue weighted by atomic mass is 32.2. The average molecular weight is 766 g/mol. The largest absolute Gasteiger partial charge is 0.358 e. The number of hydrogen-bond acceptors (Lipinski definition) is 6. The van der Waals surface area contributed by atoms with Crippen LogP contribution >= 0.6 is 11.8 Å². The van der Waals surface area contributed by atoms with E-state index in [1.807, 2.05) is 0 Å². The summed E-state index contributed by atoms with van der Waals surface area (Å²) in [5.74, 6) is 3.53. The summed E-state index contributed by atoms with van der Waals surface area (Å²) in [6.45, 7) is 2.36. The van der Waals surface area contributed by atoms with Crippen molar-refractivity contribution >= 4 is 29.0 Å². The Balaban J connectivity index is 0.980. The monoisotopic (exact) mass is 765 g/mol. The molecule has 1 aromatic carbocycles. The van der Waals surface area contributed by atoms with Crippen LogP contribution in [0.15, 0.2) is 165 Å². The molecule has 1 N–H and O–H groups in total. The number of benzene rings is 1. The fraction of sp³-hybridized carbons (Fsp3) is 0.353. The minimum atomic E-state index is -0.272. The molecule has 1 aromatic heterocycles. The fourth-order valence-electron chi connectivity index (χ4n) is 10.6. The second-order valence-electron chi connectivity index (χ2n) is 17.1. The fourth-order valence-corrected chi connectivity index (χ4v) is 12.3. The van der Waals surface area contributed by atoms with Gasteiger partial charge in [-0.3, -0.25) is 4.98 Å². The third-order valence-electron chi connectivity index (χ3n) is 13.6. The van der Waals surface area contributed by atoms with Crippen LogP contribution in [0.3, 0.4) is 0 Å². The summed E-state index contributed by atoms with van der Waals surface area (Å²) in [6, 6.07) is 13.8. The lowest BCUT2D eigenvalue weighted by molar-refractivity contribution is 0.240. The van der Waals surface area contributed by atoms with Crippen molar-refractivity contribution in [3.8, 4) is 0 Å². The van der Waals surface area contributed by atoms with Crippen LogP contribution in [-0.2, 0) is 0 Å². The highest BCUT2D eigenvalue weighted by Crippen LogP contribution is 2.60. The van der Waals surface area contributed by atoms with Crippen LogP contribution in [0.25, 0.3) is 5.57 Å². The molecule has 286 valence electrons. The van der Waals surface area contributed by atoms with Crippen molar-refractivity contribution in [3.63, 3.8) is 0 Å². The molecule has 0 spiro atoms. The number of likely N-dealkylation sites (tertiary alicyclic amines) is 1. The van der Waals surface area contributed by atoms with Crippen molar-refractivity contribution in [1.82, 2.24) is 15.2 Å². The molecule has 7 unspecified atom stereocenters. The molecule has 1 fully saturated rings. The maximum Gasteiger partial charge on any atom is 0.166 e. The van der Waals surface area contributed by atoms with E-state index < -0.39 is 0 Å². The van der Waals surface area contributed by atoms with E-state index in [1.165, 1.54) is 35.2 Å². The minimum Gasteiger partial charge on any atom is -0.358 e. The molecule has 57 heavy (non-hydrogen) atoms. The van der Waals surface area contributed by atoms with Crippen molar-refractivity contribution in [2.45, 2.75) is 94.1 Å². The molecule has 0 radical (unpaired) electrons. The molecule has 1 saturated heterocycles. The van der Waals surface area contributed by atoms with Crippen LogP contribution in [0.5, 0.6) is 0 Å². The molecule has 5 nitrogen and oxygen atoms in total. The molecule has 9 aliphatic rings. The Morgan fingerprint density at radius 2 is 1.77 bits per heavy atom. The molecule has 0 bridgehead atoms. The lowest BCUT2D eigenvalue weighted by Crippen LogP contribution is -2.40. The molecule has 4 heterocycles. The number of thioether (sulfide) groups is 1. The molecule has 2 aromatic rings. The van der Waals surface area contributed by atoms with E-state index in [4.69, 9.17) is 15.0 Å². The zero-order chi connectivity index (χ0) is 37.9. The summed E-state index contributed by atoms with van der Waals surface area (Å²) in [6.07, 6.45) is 45.1. The minimum absolute atomic E-state index is 0.272. The summed E-state index contributed by atoms with van der Waals surface area (Å²) in [7, 11) is 0. The standard InChI is InChI=1S/C51H51N5S/c1-32-21-24-38(25-22-32)56-43-20-12-11-19-40(43)46-44(56)27-26-39-41-29-36(23-28-45(41)57-48(39)46)47-42(30-37(31-52-47)33-13-5-2-6-14-33)51-54-49(34-15-7-3-8-16-34)53-50(55-51)35-17-9-4-10-18-35/h2-9,13,15-17,19-21,24,26-27,29-33,38,41,44-46,50H,10-12,14,18,22-23,25,28H2,1H3,(H,53,54,55)/t32-,33?,38?,41?,44?,45?,46?,50?/m0/s1. The maximum absolute atomic E-state index is 5.42. The maximum atomic E-state index is 5.42. The summed E-state index contributed by atoms with van der Waals surface area (Å²) >= 11 is 2.20. The summed E-state index contributed by atoms with van der Waals surface area (Å²) in [5.41, 5.74) is 11.7. The topological polar surface area (TPSA) is 52.9 Å². The Hall–Kier alpha value is -4.94. The van der Waals surface area contributed by atoms with Gasteiger partial charge in [0.05, 0.1) is 11.7 Å². The van der Waals surface area contributed by atoms with E-state index in [1.54, 1.807) is 16.1 Å². The number of nitrogens with one attached hydrogen (secondary N) is 1. The Morgan fingerprint density at radius 3 is 2.61 bits per heavy atom. The molecular formula is C51H51N5S. The number of nitrogens with zero attached hydrogens (tertiary/aromatic N) is 4. The van der Waals surface area contributed by atoms with Gasteiger partial charge in [-0.15, -0.1) is 11.8 Å². The molecule has 6 heteroatoms. The molecule has 8 atom stereocenters. The van der Waals surface area contributed by atoms with Gasteiger partial charge in [0.2, 0.25) is 0 Å². The van der Waals surface area contributed by atoms with Gasteiger partial charge in [-0.2, -0.15) is 0 Å². The van der Waals surface area contributed by atoms with Crippen LogP contribution in [0.1, 0.15) is 93.0 Å². The van der Waals surface area contributed by atoms with Crippen LogP contribution < -0.4 is 5.32 Å². The number of pyridine rings is 1. The highest BCUT2D eigenvalue weighted by molar-refractivity contribution is 8.04. The molecule has 0 saturated carbocycles. The quantitative estimate of drug-likeness (QED) is 0.298. The lowest BCUT2D eigenvalue weighted by atomic mass is 9.78. The number of hydrogen-bond donors (Lipinski definition) is 1. The first-order chi connectivity index (χ1) is 28.2. The van der Waals surface area contributed by atoms with E-state index in [0.717, 1.165) is 73.4 Å². The van der Waals surface area contributed by atoms with Gasteiger partial charge >= 0.3 is 0 Å². The summed E-state index contributed by atoms with van der Waals surface area (Å²) < 4.78 is 0. The average Bonchev–Trinajstić information content (AvgIpc) is 3.83. The van der Waals surface area contributed by atoms with E-state index >= 15 is 0 Å². The predicted molar refractivity (Wildman–Crippen MR) is 237 cm³/mol. The van der Waals surface area contributed by atoms with Gasteiger partial charge in [-0.05, 0) is 103 Å². The Bertz CT molecular complexity index is 2360. The lowest BCUT2D eigenvalue weighted by Gasteiger charge is -2.37.